The summed E-state index contributed by atoms with van der Waals surface area (Å²) < 4.78 is 5.98. The molecular weight excluding hydrogens is 306 g/mol. The third kappa shape index (κ3) is 3.19. The third-order valence-corrected chi connectivity index (χ3v) is 4.29. The summed E-state index contributed by atoms with van der Waals surface area (Å²) in [4.78, 5) is 18.3. The van der Waals surface area contributed by atoms with Crippen LogP contribution in [0.25, 0.3) is 0 Å². The van der Waals surface area contributed by atoms with Crippen LogP contribution in [0.5, 0.6) is 5.75 Å². The minimum atomic E-state index is -0.548. The number of carbonyl (C=O) groups excluding carboxylic acids is 1. The molecule has 0 fully saturated rings. The van der Waals surface area contributed by atoms with Gasteiger partial charge in [-0.2, -0.15) is 0 Å². The molecule has 0 aliphatic carbocycles. The molecule has 1 aliphatic rings. The maximum Gasteiger partial charge on any atom is 0.274 e. The highest BCUT2D eigenvalue weighted by atomic mass is 16.5. The molecule has 2 aromatic rings. The molecule has 0 saturated carbocycles. The number of hydrogen-bond donors (Lipinski definition) is 2. The van der Waals surface area contributed by atoms with Gasteiger partial charge in [-0.1, -0.05) is 26.0 Å². The average Bonchev–Trinajstić information content (AvgIpc) is 2.80. The maximum atomic E-state index is 11.6. The second kappa shape index (κ2) is 6.88. The summed E-state index contributed by atoms with van der Waals surface area (Å²) >= 11 is 0. The molecule has 0 unspecified atom stereocenters. The lowest BCUT2D eigenvalue weighted by Crippen LogP contribution is -2.41. The number of anilines is 1. The summed E-state index contributed by atoms with van der Waals surface area (Å²) in [5.74, 6) is 1.40. The van der Waals surface area contributed by atoms with E-state index < -0.39 is 5.91 Å². The Kier molecular flexibility index (Phi) is 4.66. The van der Waals surface area contributed by atoms with Crippen LogP contribution in [0.3, 0.4) is 0 Å². The Morgan fingerprint density at radius 1 is 1.38 bits per heavy atom. The number of hydrogen-bond acceptors (Lipinski definition) is 5. The molecule has 1 aromatic carbocycles. The minimum absolute atomic E-state index is 0.169. The SMILES string of the molecule is CC(C)[C@H]1COc2cc(C(=O)NO)ccc2CN1c1ccccn1. The van der Waals surface area contributed by atoms with E-state index in [1.165, 1.54) is 0 Å². The van der Waals surface area contributed by atoms with Gasteiger partial charge in [0.1, 0.15) is 18.2 Å². The van der Waals surface area contributed by atoms with E-state index in [0.717, 1.165) is 11.4 Å². The van der Waals surface area contributed by atoms with E-state index in [9.17, 15) is 4.79 Å². The van der Waals surface area contributed by atoms with Gasteiger partial charge >= 0.3 is 0 Å². The molecule has 0 saturated heterocycles. The molecule has 6 nitrogen and oxygen atoms in total. The first kappa shape index (κ1) is 16.3. The lowest BCUT2D eigenvalue weighted by atomic mass is 10.0. The van der Waals surface area contributed by atoms with Crippen molar-refractivity contribution in [3.8, 4) is 5.75 Å². The first-order valence-electron chi connectivity index (χ1n) is 7.98. The standard InChI is InChI=1S/C18H21N3O3/c1-12(2)15-11-24-16-9-13(18(22)20-23)6-7-14(16)10-21(15)17-5-3-4-8-19-17/h3-9,12,15,23H,10-11H2,1-2H3,(H,20,22)/t15-/m1/s1. The van der Waals surface area contributed by atoms with Crippen molar-refractivity contribution in [1.29, 1.82) is 0 Å². The van der Waals surface area contributed by atoms with Gasteiger partial charge in [0, 0.05) is 23.9 Å². The Morgan fingerprint density at radius 2 is 2.21 bits per heavy atom. The second-order valence-electron chi connectivity index (χ2n) is 6.20. The van der Waals surface area contributed by atoms with E-state index >= 15 is 0 Å². The lowest BCUT2D eigenvalue weighted by Gasteiger charge is -2.32. The number of benzene rings is 1. The van der Waals surface area contributed by atoms with Crippen molar-refractivity contribution in [3.63, 3.8) is 0 Å². The molecule has 1 aromatic heterocycles. The Bertz CT molecular complexity index is 719. The predicted octanol–water partition coefficient (Wildman–Crippen LogP) is 2.62. The summed E-state index contributed by atoms with van der Waals surface area (Å²) in [7, 11) is 0. The topological polar surface area (TPSA) is 74.7 Å². The molecule has 1 aliphatic heterocycles. The molecular formula is C18H21N3O3. The van der Waals surface area contributed by atoms with Crippen LogP contribution in [0.1, 0.15) is 29.8 Å². The number of aromatic nitrogens is 1. The van der Waals surface area contributed by atoms with Gasteiger partial charge in [0.15, 0.2) is 0 Å². The number of fused-ring (bicyclic) bond motifs is 1. The highest BCUT2D eigenvalue weighted by molar-refractivity contribution is 5.93. The third-order valence-electron chi connectivity index (χ3n) is 4.29. The van der Waals surface area contributed by atoms with Gasteiger partial charge in [0.2, 0.25) is 0 Å². The number of amides is 1. The van der Waals surface area contributed by atoms with Crippen molar-refractivity contribution in [1.82, 2.24) is 10.5 Å². The van der Waals surface area contributed by atoms with Crippen molar-refractivity contribution >= 4 is 11.7 Å². The number of rotatable bonds is 3. The van der Waals surface area contributed by atoms with Crippen LogP contribution < -0.4 is 15.1 Å². The highest BCUT2D eigenvalue weighted by Crippen LogP contribution is 2.31. The number of nitrogens with zero attached hydrogens (tertiary/aromatic N) is 2. The fourth-order valence-electron chi connectivity index (χ4n) is 2.92. The Labute approximate surface area is 141 Å². The zero-order chi connectivity index (χ0) is 17.1. The average molecular weight is 327 g/mol. The fourth-order valence-corrected chi connectivity index (χ4v) is 2.92. The van der Waals surface area contributed by atoms with E-state index in [4.69, 9.17) is 9.94 Å². The molecule has 126 valence electrons. The summed E-state index contributed by atoms with van der Waals surface area (Å²) in [6.07, 6.45) is 1.79. The van der Waals surface area contributed by atoms with Gasteiger partial charge < -0.3 is 9.64 Å². The van der Waals surface area contributed by atoms with E-state index in [1.807, 2.05) is 24.3 Å². The molecule has 2 heterocycles. The van der Waals surface area contributed by atoms with E-state index in [-0.39, 0.29) is 6.04 Å². The largest absolute Gasteiger partial charge is 0.491 e. The van der Waals surface area contributed by atoms with Gasteiger partial charge in [-0.05, 0) is 30.2 Å². The van der Waals surface area contributed by atoms with Crippen molar-refractivity contribution in [2.75, 3.05) is 11.5 Å². The van der Waals surface area contributed by atoms with Crippen molar-refractivity contribution in [3.05, 3.63) is 53.7 Å². The molecule has 2 N–H and O–H groups in total. The quantitative estimate of drug-likeness (QED) is 0.669. The maximum absolute atomic E-state index is 11.6. The first-order valence-corrected chi connectivity index (χ1v) is 7.98. The van der Waals surface area contributed by atoms with Crippen LogP contribution in [0.2, 0.25) is 0 Å². The first-order chi connectivity index (χ1) is 11.6. The summed E-state index contributed by atoms with van der Waals surface area (Å²) in [6, 6.07) is 11.2. The van der Waals surface area contributed by atoms with Gasteiger partial charge in [-0.25, -0.2) is 10.5 Å². The lowest BCUT2D eigenvalue weighted by molar-refractivity contribution is 0.0706. The number of nitrogens with one attached hydrogen (secondary N) is 1. The number of ether oxygens (including phenoxy) is 1. The van der Waals surface area contributed by atoms with Crippen molar-refractivity contribution < 1.29 is 14.7 Å². The molecule has 0 spiro atoms. The zero-order valence-corrected chi connectivity index (χ0v) is 13.8. The summed E-state index contributed by atoms with van der Waals surface area (Å²) in [6.45, 7) is 5.47. The van der Waals surface area contributed by atoms with Crippen molar-refractivity contribution in [2.45, 2.75) is 26.4 Å². The minimum Gasteiger partial charge on any atom is -0.491 e. The number of carbonyl (C=O) groups is 1. The predicted molar refractivity (Wildman–Crippen MR) is 90.2 cm³/mol. The van der Waals surface area contributed by atoms with Crippen LogP contribution in [0.4, 0.5) is 5.82 Å². The van der Waals surface area contributed by atoms with E-state index in [2.05, 4.69) is 23.7 Å². The molecule has 3 rings (SSSR count). The molecule has 6 heteroatoms. The van der Waals surface area contributed by atoms with Crippen LogP contribution >= 0.6 is 0 Å². The Balaban J connectivity index is 1.97. The van der Waals surface area contributed by atoms with E-state index in [1.54, 1.807) is 23.8 Å². The fraction of sp³-hybridized carbons (Fsp3) is 0.333. The van der Waals surface area contributed by atoms with Gasteiger partial charge in [-0.15, -0.1) is 0 Å². The van der Waals surface area contributed by atoms with Crippen molar-refractivity contribution in [2.24, 2.45) is 5.92 Å². The zero-order valence-electron chi connectivity index (χ0n) is 13.8. The van der Waals surface area contributed by atoms with Gasteiger partial charge in [0.05, 0.1) is 6.04 Å². The number of pyridine rings is 1. The normalized spacial score (nSPS) is 17.0. The molecule has 1 atom stereocenters. The van der Waals surface area contributed by atoms with Gasteiger partial charge in [-0.3, -0.25) is 10.0 Å². The van der Waals surface area contributed by atoms with Crippen LogP contribution in [0, 0.1) is 5.92 Å². The van der Waals surface area contributed by atoms with Crippen LogP contribution in [0.15, 0.2) is 42.6 Å². The molecule has 1 amide bonds. The number of hydroxylamine groups is 1. The summed E-state index contributed by atoms with van der Waals surface area (Å²) in [5, 5.41) is 8.80. The van der Waals surface area contributed by atoms with Crippen LogP contribution in [-0.4, -0.2) is 28.7 Å². The Morgan fingerprint density at radius 3 is 2.88 bits per heavy atom. The molecule has 24 heavy (non-hydrogen) atoms. The van der Waals surface area contributed by atoms with Crippen LogP contribution in [-0.2, 0) is 6.54 Å². The highest BCUT2D eigenvalue weighted by Gasteiger charge is 2.28. The molecule has 0 bridgehead atoms. The Hall–Kier alpha value is -2.60. The smallest absolute Gasteiger partial charge is 0.274 e. The molecule has 0 radical (unpaired) electrons. The monoisotopic (exact) mass is 327 g/mol. The van der Waals surface area contributed by atoms with E-state index in [0.29, 0.717) is 30.4 Å². The summed E-state index contributed by atoms with van der Waals surface area (Å²) in [5.41, 5.74) is 3.00. The second-order valence-corrected chi connectivity index (χ2v) is 6.20. The van der Waals surface area contributed by atoms with Gasteiger partial charge in [0.25, 0.3) is 5.91 Å².